The quantitative estimate of drug-likeness (QED) is 0.684. The number of hydrogen-bond donors (Lipinski definition) is 1. The highest BCUT2D eigenvalue weighted by atomic mass is 35.5. The van der Waals surface area contributed by atoms with Crippen LogP contribution in [0.1, 0.15) is 21.5 Å². The molecule has 110 valence electrons. The van der Waals surface area contributed by atoms with E-state index in [1.807, 2.05) is 26.0 Å². The lowest BCUT2D eigenvalue weighted by Gasteiger charge is -2.14. The van der Waals surface area contributed by atoms with Crippen LogP contribution in [-0.2, 0) is 4.74 Å². The molecular weight excluding hydrogens is 290 g/mol. The number of rotatable bonds is 3. The van der Waals surface area contributed by atoms with Crippen LogP contribution in [0.2, 0.25) is 5.02 Å². The van der Waals surface area contributed by atoms with E-state index in [1.54, 1.807) is 18.2 Å². The second kappa shape index (κ2) is 6.06. The SMILES string of the molecule is COC(=O)c1ccc(N)c(Oc2c(C)cc(Cl)cc2C)c1. The van der Waals surface area contributed by atoms with E-state index in [-0.39, 0.29) is 0 Å². The van der Waals surface area contributed by atoms with Crippen molar-refractivity contribution in [1.82, 2.24) is 0 Å². The highest BCUT2D eigenvalue weighted by Gasteiger charge is 2.13. The van der Waals surface area contributed by atoms with E-state index >= 15 is 0 Å². The Hall–Kier alpha value is -2.20. The topological polar surface area (TPSA) is 61.5 Å². The Balaban J connectivity index is 2.42. The minimum Gasteiger partial charge on any atom is -0.465 e. The van der Waals surface area contributed by atoms with Gasteiger partial charge in [0.15, 0.2) is 5.75 Å². The van der Waals surface area contributed by atoms with Crippen molar-refractivity contribution < 1.29 is 14.3 Å². The van der Waals surface area contributed by atoms with Crippen LogP contribution in [0.5, 0.6) is 11.5 Å². The van der Waals surface area contributed by atoms with Gasteiger partial charge in [0.2, 0.25) is 0 Å². The van der Waals surface area contributed by atoms with Crippen LogP contribution >= 0.6 is 11.6 Å². The molecule has 0 fully saturated rings. The van der Waals surface area contributed by atoms with E-state index < -0.39 is 5.97 Å². The summed E-state index contributed by atoms with van der Waals surface area (Å²) in [6.45, 7) is 3.79. The number of aryl methyl sites for hydroxylation is 2. The van der Waals surface area contributed by atoms with Crippen molar-refractivity contribution in [3.05, 3.63) is 52.0 Å². The third kappa shape index (κ3) is 3.28. The number of ether oxygens (including phenoxy) is 2. The van der Waals surface area contributed by atoms with Gasteiger partial charge in [-0.25, -0.2) is 4.79 Å². The molecule has 2 N–H and O–H groups in total. The molecule has 0 spiro atoms. The maximum Gasteiger partial charge on any atom is 0.337 e. The molecular formula is C16H16ClNO3. The van der Waals surface area contributed by atoms with Crippen molar-refractivity contribution in [2.45, 2.75) is 13.8 Å². The highest BCUT2D eigenvalue weighted by molar-refractivity contribution is 6.30. The summed E-state index contributed by atoms with van der Waals surface area (Å²) in [7, 11) is 1.33. The first-order valence-electron chi connectivity index (χ1n) is 6.35. The van der Waals surface area contributed by atoms with Crippen molar-refractivity contribution in [3.8, 4) is 11.5 Å². The summed E-state index contributed by atoms with van der Waals surface area (Å²) in [6, 6.07) is 8.39. The molecule has 2 aromatic rings. The Bertz CT molecular complexity index is 675. The maximum atomic E-state index is 11.6. The fraction of sp³-hybridized carbons (Fsp3) is 0.188. The largest absolute Gasteiger partial charge is 0.465 e. The summed E-state index contributed by atoms with van der Waals surface area (Å²) in [5.74, 6) is 0.643. The smallest absolute Gasteiger partial charge is 0.337 e. The Kier molecular flexibility index (Phi) is 4.38. The molecule has 0 aliphatic carbocycles. The van der Waals surface area contributed by atoms with Crippen molar-refractivity contribution in [1.29, 1.82) is 0 Å². The van der Waals surface area contributed by atoms with Gasteiger partial charge in [0.05, 0.1) is 18.4 Å². The molecule has 0 amide bonds. The van der Waals surface area contributed by atoms with E-state index in [0.717, 1.165) is 11.1 Å². The van der Waals surface area contributed by atoms with E-state index in [1.165, 1.54) is 7.11 Å². The van der Waals surface area contributed by atoms with Gasteiger partial charge < -0.3 is 15.2 Å². The number of anilines is 1. The first-order chi connectivity index (χ1) is 9.92. The predicted octanol–water partition coefficient (Wildman–Crippen LogP) is 4.12. The fourth-order valence-electron chi connectivity index (χ4n) is 2.04. The van der Waals surface area contributed by atoms with E-state index in [0.29, 0.717) is 27.8 Å². The molecule has 2 aromatic carbocycles. The van der Waals surface area contributed by atoms with Crippen molar-refractivity contribution in [3.63, 3.8) is 0 Å². The molecule has 5 heteroatoms. The second-order valence-corrected chi connectivity index (χ2v) is 5.15. The average molecular weight is 306 g/mol. The van der Waals surface area contributed by atoms with Crippen molar-refractivity contribution in [2.75, 3.05) is 12.8 Å². The molecule has 2 rings (SSSR count). The number of nitrogen functional groups attached to an aromatic ring is 1. The summed E-state index contributed by atoms with van der Waals surface area (Å²) in [5, 5.41) is 0.647. The van der Waals surface area contributed by atoms with Crippen LogP contribution in [0.3, 0.4) is 0 Å². The number of esters is 1. The number of hydrogen-bond acceptors (Lipinski definition) is 4. The van der Waals surface area contributed by atoms with Crippen LogP contribution in [0.25, 0.3) is 0 Å². The molecule has 0 atom stereocenters. The number of carbonyl (C=O) groups excluding carboxylic acids is 1. The van der Waals surface area contributed by atoms with Gasteiger partial charge in [-0.05, 0) is 55.3 Å². The Morgan fingerprint density at radius 1 is 1.14 bits per heavy atom. The normalized spacial score (nSPS) is 10.3. The molecule has 0 heterocycles. The molecule has 0 bridgehead atoms. The van der Waals surface area contributed by atoms with Gasteiger partial charge in [-0.1, -0.05) is 11.6 Å². The van der Waals surface area contributed by atoms with E-state index in [2.05, 4.69) is 0 Å². The average Bonchev–Trinajstić information content (AvgIpc) is 2.43. The summed E-state index contributed by atoms with van der Waals surface area (Å²) in [5.41, 5.74) is 8.51. The van der Waals surface area contributed by atoms with Crippen LogP contribution in [0.15, 0.2) is 30.3 Å². The summed E-state index contributed by atoms with van der Waals surface area (Å²) < 4.78 is 10.6. The monoisotopic (exact) mass is 305 g/mol. The van der Waals surface area contributed by atoms with Gasteiger partial charge in [0.1, 0.15) is 5.75 Å². The predicted molar refractivity (Wildman–Crippen MR) is 83.2 cm³/mol. The Morgan fingerprint density at radius 3 is 2.33 bits per heavy atom. The third-order valence-corrected chi connectivity index (χ3v) is 3.29. The molecule has 0 radical (unpaired) electrons. The zero-order valence-electron chi connectivity index (χ0n) is 12.1. The first-order valence-corrected chi connectivity index (χ1v) is 6.72. The lowest BCUT2D eigenvalue weighted by molar-refractivity contribution is 0.0600. The summed E-state index contributed by atoms with van der Waals surface area (Å²) in [4.78, 5) is 11.6. The van der Waals surface area contributed by atoms with Crippen LogP contribution in [0.4, 0.5) is 5.69 Å². The Morgan fingerprint density at radius 2 is 1.76 bits per heavy atom. The molecule has 0 unspecified atom stereocenters. The van der Waals surface area contributed by atoms with Gasteiger partial charge in [-0.15, -0.1) is 0 Å². The first kappa shape index (κ1) is 15.2. The van der Waals surface area contributed by atoms with Gasteiger partial charge in [0, 0.05) is 5.02 Å². The molecule has 0 aliphatic heterocycles. The highest BCUT2D eigenvalue weighted by Crippen LogP contribution is 2.34. The minimum atomic E-state index is -0.440. The summed E-state index contributed by atoms with van der Waals surface area (Å²) >= 11 is 6.00. The third-order valence-electron chi connectivity index (χ3n) is 3.07. The molecule has 0 saturated carbocycles. The Labute approximate surface area is 128 Å². The number of benzene rings is 2. The zero-order valence-corrected chi connectivity index (χ0v) is 12.8. The molecule has 4 nitrogen and oxygen atoms in total. The number of nitrogens with two attached hydrogens (primary N) is 1. The fourth-order valence-corrected chi connectivity index (χ4v) is 2.36. The van der Waals surface area contributed by atoms with Crippen molar-refractivity contribution in [2.24, 2.45) is 0 Å². The van der Waals surface area contributed by atoms with Gasteiger partial charge in [-0.2, -0.15) is 0 Å². The second-order valence-electron chi connectivity index (χ2n) is 4.71. The summed E-state index contributed by atoms with van der Waals surface area (Å²) in [6.07, 6.45) is 0. The maximum absolute atomic E-state index is 11.6. The van der Waals surface area contributed by atoms with Crippen LogP contribution < -0.4 is 10.5 Å². The van der Waals surface area contributed by atoms with E-state index in [9.17, 15) is 4.79 Å². The zero-order chi connectivity index (χ0) is 15.6. The molecule has 0 saturated heterocycles. The van der Waals surface area contributed by atoms with Gasteiger partial charge in [0.25, 0.3) is 0 Å². The lowest BCUT2D eigenvalue weighted by Crippen LogP contribution is -2.03. The van der Waals surface area contributed by atoms with Crippen molar-refractivity contribution >= 4 is 23.3 Å². The number of methoxy groups -OCH3 is 1. The van der Waals surface area contributed by atoms with Gasteiger partial charge >= 0.3 is 5.97 Å². The van der Waals surface area contributed by atoms with E-state index in [4.69, 9.17) is 26.8 Å². The van der Waals surface area contributed by atoms with Gasteiger partial charge in [-0.3, -0.25) is 0 Å². The molecule has 21 heavy (non-hydrogen) atoms. The van der Waals surface area contributed by atoms with Crippen LogP contribution in [-0.4, -0.2) is 13.1 Å². The molecule has 0 aliphatic rings. The lowest BCUT2D eigenvalue weighted by atomic mass is 10.1. The minimum absolute atomic E-state index is 0.381. The van der Waals surface area contributed by atoms with Crippen LogP contribution in [0, 0.1) is 13.8 Å². The standard InChI is InChI=1S/C16H16ClNO3/c1-9-6-12(17)7-10(2)15(9)21-14-8-11(16(19)20-3)4-5-13(14)18/h4-8H,18H2,1-3H3. The number of carbonyl (C=O) groups is 1. The molecule has 0 aromatic heterocycles. The number of halogens is 1.